The number of aryl methyl sites for hydroxylation is 1. The Labute approximate surface area is 131 Å². The van der Waals surface area contributed by atoms with Gasteiger partial charge in [-0.25, -0.2) is 4.39 Å². The van der Waals surface area contributed by atoms with Crippen LogP contribution in [0.25, 0.3) is 0 Å². The van der Waals surface area contributed by atoms with Crippen molar-refractivity contribution in [1.29, 1.82) is 0 Å². The monoisotopic (exact) mass is 321 g/mol. The third kappa shape index (κ3) is 3.66. The first-order valence-electron chi connectivity index (χ1n) is 6.95. The van der Waals surface area contributed by atoms with E-state index in [0.29, 0.717) is 6.42 Å². The van der Waals surface area contributed by atoms with Gasteiger partial charge in [0, 0.05) is 17.1 Å². The zero-order chi connectivity index (χ0) is 14.7. The molecule has 0 spiro atoms. The van der Waals surface area contributed by atoms with Gasteiger partial charge in [0.2, 0.25) is 5.91 Å². The largest absolute Gasteiger partial charge is 0.349 e. The fourth-order valence-electron chi connectivity index (χ4n) is 2.47. The quantitative estimate of drug-likeness (QED) is 0.915. The van der Waals surface area contributed by atoms with Crippen LogP contribution in [0.4, 0.5) is 4.39 Å². The number of carbonyl (C=O) groups is 1. The lowest BCUT2D eigenvalue weighted by atomic mass is 10.0. The van der Waals surface area contributed by atoms with Gasteiger partial charge in [0.05, 0.1) is 6.04 Å². The fourth-order valence-corrected chi connectivity index (χ4v) is 4.28. The van der Waals surface area contributed by atoms with Crippen LogP contribution >= 0.6 is 23.1 Å². The van der Waals surface area contributed by atoms with Gasteiger partial charge in [-0.05, 0) is 59.0 Å². The normalized spacial score (nSPS) is 17.3. The molecule has 1 aliphatic heterocycles. The molecule has 2 aromatic rings. The van der Waals surface area contributed by atoms with Crippen LogP contribution in [-0.4, -0.2) is 11.7 Å². The van der Waals surface area contributed by atoms with Crippen molar-refractivity contribution in [2.45, 2.75) is 30.2 Å². The van der Waals surface area contributed by atoms with E-state index in [1.165, 1.54) is 11.6 Å². The molecule has 3 rings (SSSR count). The Morgan fingerprint density at radius 2 is 2.29 bits per heavy atom. The molecule has 1 atom stereocenters. The molecule has 1 aromatic carbocycles. The van der Waals surface area contributed by atoms with E-state index in [9.17, 15) is 9.18 Å². The van der Waals surface area contributed by atoms with Crippen LogP contribution in [-0.2, 0) is 11.2 Å². The molecule has 2 nitrogen and oxygen atoms in total. The van der Waals surface area contributed by atoms with Crippen LogP contribution < -0.4 is 5.32 Å². The highest BCUT2D eigenvalue weighted by Gasteiger charge is 2.22. The van der Waals surface area contributed by atoms with Gasteiger partial charge in [0.1, 0.15) is 5.82 Å². The van der Waals surface area contributed by atoms with Crippen molar-refractivity contribution in [1.82, 2.24) is 5.32 Å². The maximum Gasteiger partial charge on any atom is 0.220 e. The molecule has 110 valence electrons. The summed E-state index contributed by atoms with van der Waals surface area (Å²) >= 11 is 3.37. The molecule has 2 heterocycles. The zero-order valence-corrected chi connectivity index (χ0v) is 13.1. The number of amides is 1. The van der Waals surface area contributed by atoms with Gasteiger partial charge in [-0.3, -0.25) is 4.79 Å². The molecule has 0 unspecified atom stereocenters. The Morgan fingerprint density at radius 3 is 3.10 bits per heavy atom. The van der Waals surface area contributed by atoms with E-state index >= 15 is 0 Å². The number of thiophene rings is 1. The standard InChI is InChI=1S/C16H16FNOS2/c17-12-2-3-15-13(9-12)14(6-8-21-15)18-16(19)4-1-11-5-7-20-10-11/h2-3,5,7,9-10,14H,1,4,6,8H2,(H,18,19)/t14-/m0/s1. The molecule has 1 amide bonds. The highest BCUT2D eigenvalue weighted by molar-refractivity contribution is 7.99. The molecule has 5 heteroatoms. The molecule has 1 aromatic heterocycles. The van der Waals surface area contributed by atoms with Crippen LogP contribution in [0.2, 0.25) is 0 Å². The van der Waals surface area contributed by atoms with E-state index in [1.807, 2.05) is 11.4 Å². The molecule has 1 aliphatic rings. The van der Waals surface area contributed by atoms with Crippen LogP contribution in [0.5, 0.6) is 0 Å². The lowest BCUT2D eigenvalue weighted by Crippen LogP contribution is -2.30. The summed E-state index contributed by atoms with van der Waals surface area (Å²) in [5, 5.41) is 7.13. The van der Waals surface area contributed by atoms with Crippen LogP contribution in [0.1, 0.15) is 30.0 Å². The summed E-state index contributed by atoms with van der Waals surface area (Å²) in [6.07, 6.45) is 2.09. The average molecular weight is 321 g/mol. The van der Waals surface area contributed by atoms with Crippen molar-refractivity contribution in [3.8, 4) is 0 Å². The number of hydrogen-bond acceptors (Lipinski definition) is 3. The van der Waals surface area contributed by atoms with Crippen molar-refractivity contribution >= 4 is 29.0 Å². The molecule has 0 radical (unpaired) electrons. The predicted octanol–water partition coefficient (Wildman–Crippen LogP) is 4.17. The maximum absolute atomic E-state index is 13.4. The summed E-state index contributed by atoms with van der Waals surface area (Å²) in [7, 11) is 0. The summed E-state index contributed by atoms with van der Waals surface area (Å²) in [6, 6.07) is 6.81. The molecule has 0 bridgehead atoms. The van der Waals surface area contributed by atoms with Gasteiger partial charge in [-0.1, -0.05) is 0 Å². The van der Waals surface area contributed by atoms with E-state index in [1.54, 1.807) is 35.2 Å². The number of halogens is 1. The molecular weight excluding hydrogens is 305 g/mol. The number of carbonyl (C=O) groups excluding carboxylic acids is 1. The Balaban J connectivity index is 1.63. The highest BCUT2D eigenvalue weighted by Crippen LogP contribution is 2.36. The van der Waals surface area contributed by atoms with E-state index in [4.69, 9.17) is 0 Å². The van der Waals surface area contributed by atoms with E-state index in [0.717, 1.165) is 29.1 Å². The minimum absolute atomic E-state index is 0.0355. The van der Waals surface area contributed by atoms with Crippen molar-refractivity contribution in [3.63, 3.8) is 0 Å². The highest BCUT2D eigenvalue weighted by atomic mass is 32.2. The first-order chi connectivity index (χ1) is 10.2. The minimum atomic E-state index is -0.242. The third-order valence-electron chi connectivity index (χ3n) is 3.57. The van der Waals surface area contributed by atoms with Crippen LogP contribution in [0.3, 0.4) is 0 Å². The summed E-state index contributed by atoms with van der Waals surface area (Å²) in [6.45, 7) is 0. The van der Waals surface area contributed by atoms with E-state index in [-0.39, 0.29) is 17.8 Å². The first-order valence-corrected chi connectivity index (χ1v) is 8.88. The van der Waals surface area contributed by atoms with Crippen LogP contribution in [0, 0.1) is 5.82 Å². The van der Waals surface area contributed by atoms with Crippen molar-refractivity contribution in [2.24, 2.45) is 0 Å². The van der Waals surface area contributed by atoms with Gasteiger partial charge < -0.3 is 5.32 Å². The predicted molar refractivity (Wildman–Crippen MR) is 85.3 cm³/mol. The number of hydrogen-bond donors (Lipinski definition) is 1. The first kappa shape index (κ1) is 14.6. The topological polar surface area (TPSA) is 29.1 Å². The van der Waals surface area contributed by atoms with Crippen LogP contribution in [0.15, 0.2) is 39.9 Å². The van der Waals surface area contributed by atoms with Crippen molar-refractivity contribution in [3.05, 3.63) is 52.0 Å². The zero-order valence-electron chi connectivity index (χ0n) is 11.5. The summed E-state index contributed by atoms with van der Waals surface area (Å²) in [5.74, 6) is 0.746. The van der Waals surface area contributed by atoms with Gasteiger partial charge in [-0.15, -0.1) is 11.8 Å². The Hall–Kier alpha value is -1.33. The smallest absolute Gasteiger partial charge is 0.220 e. The summed E-state index contributed by atoms with van der Waals surface area (Å²) in [4.78, 5) is 13.2. The lowest BCUT2D eigenvalue weighted by Gasteiger charge is -2.26. The molecule has 1 N–H and O–H groups in total. The van der Waals surface area contributed by atoms with Gasteiger partial charge in [0.15, 0.2) is 0 Å². The van der Waals surface area contributed by atoms with Gasteiger partial charge in [-0.2, -0.15) is 11.3 Å². The van der Waals surface area contributed by atoms with Gasteiger partial charge in [0.25, 0.3) is 0 Å². The minimum Gasteiger partial charge on any atom is -0.349 e. The second-order valence-corrected chi connectivity index (χ2v) is 6.99. The Morgan fingerprint density at radius 1 is 1.38 bits per heavy atom. The molecule has 0 saturated heterocycles. The lowest BCUT2D eigenvalue weighted by molar-refractivity contribution is -0.121. The number of thioether (sulfide) groups is 1. The number of benzene rings is 1. The third-order valence-corrected chi connectivity index (χ3v) is 5.42. The van der Waals surface area contributed by atoms with Crippen molar-refractivity contribution < 1.29 is 9.18 Å². The summed E-state index contributed by atoms with van der Waals surface area (Å²) in [5.41, 5.74) is 2.11. The molecule has 0 fully saturated rings. The molecule has 0 aliphatic carbocycles. The van der Waals surface area contributed by atoms with Gasteiger partial charge >= 0.3 is 0 Å². The maximum atomic E-state index is 13.4. The summed E-state index contributed by atoms with van der Waals surface area (Å²) < 4.78 is 13.4. The molecule has 0 saturated carbocycles. The Kier molecular flexibility index (Phi) is 4.60. The molecular formula is C16H16FNOS2. The fraction of sp³-hybridized carbons (Fsp3) is 0.312. The number of nitrogens with one attached hydrogen (secondary N) is 1. The number of fused-ring (bicyclic) bond motifs is 1. The average Bonchev–Trinajstić information content (AvgIpc) is 2.99. The Bertz CT molecular complexity index is 627. The second kappa shape index (κ2) is 6.62. The van der Waals surface area contributed by atoms with E-state index in [2.05, 4.69) is 10.7 Å². The van der Waals surface area contributed by atoms with Crippen molar-refractivity contribution in [2.75, 3.05) is 5.75 Å². The SMILES string of the molecule is O=C(CCc1ccsc1)N[C@H]1CCSc2ccc(F)cc21. The van der Waals surface area contributed by atoms with E-state index < -0.39 is 0 Å². The second-order valence-electron chi connectivity index (χ2n) is 5.07. The number of rotatable bonds is 4. The molecule has 21 heavy (non-hydrogen) atoms.